The van der Waals surface area contributed by atoms with E-state index < -0.39 is 0 Å². The minimum absolute atomic E-state index is 0.479. The summed E-state index contributed by atoms with van der Waals surface area (Å²) in [7, 11) is 1.65. The topological polar surface area (TPSA) is 61.0 Å². The first kappa shape index (κ1) is 15.0. The Morgan fingerprint density at radius 3 is 2.71 bits per heavy atom. The van der Waals surface area contributed by atoms with Gasteiger partial charge in [-0.3, -0.25) is 0 Å². The Morgan fingerprint density at radius 1 is 1.41 bits per heavy atom. The Morgan fingerprint density at radius 2 is 2.12 bits per heavy atom. The second-order valence-electron chi connectivity index (χ2n) is 4.13. The van der Waals surface area contributed by atoms with Gasteiger partial charge >= 0.3 is 0 Å². The average Bonchev–Trinajstić information content (AvgIpc) is 2.25. The van der Waals surface area contributed by atoms with Crippen LogP contribution in [0.1, 0.15) is 25.4 Å². The van der Waals surface area contributed by atoms with Crippen molar-refractivity contribution in [2.45, 2.75) is 26.2 Å². The summed E-state index contributed by atoms with van der Waals surface area (Å²) < 4.78 is 5.99. The van der Waals surface area contributed by atoms with Gasteiger partial charge in [0, 0.05) is 7.11 Å². The number of aromatic nitrogens is 2. The summed E-state index contributed by atoms with van der Waals surface area (Å²) >= 11 is 3.99. The third-order valence-corrected chi connectivity index (χ3v) is 4.50. The number of anilines is 1. The molecule has 0 saturated carbocycles. The molecule has 0 bridgehead atoms. The van der Waals surface area contributed by atoms with E-state index >= 15 is 0 Å². The highest BCUT2D eigenvalue weighted by Gasteiger charge is 2.10. The maximum atomic E-state index is 5.86. The smallest absolute Gasteiger partial charge is 0.141 e. The maximum absolute atomic E-state index is 5.86. The van der Waals surface area contributed by atoms with E-state index in [1.54, 1.807) is 7.11 Å². The molecule has 0 atom stereocenters. The molecule has 1 aromatic heterocycles. The highest BCUT2D eigenvalue weighted by Crippen LogP contribution is 2.20. The summed E-state index contributed by atoms with van der Waals surface area (Å²) in [6.07, 6.45) is 0. The third kappa shape index (κ3) is 4.97. The molecule has 96 valence electrons. The van der Waals surface area contributed by atoms with Gasteiger partial charge in [-0.25, -0.2) is 9.97 Å². The zero-order chi connectivity index (χ0) is 12.8. The van der Waals surface area contributed by atoms with Gasteiger partial charge in [-0.2, -0.15) is 11.8 Å². The van der Waals surface area contributed by atoms with Gasteiger partial charge in [-0.05, 0) is 34.3 Å². The summed E-state index contributed by atoms with van der Waals surface area (Å²) in [6, 6.07) is 0. The van der Waals surface area contributed by atoms with E-state index in [0.29, 0.717) is 18.3 Å². The summed E-state index contributed by atoms with van der Waals surface area (Å²) in [5.74, 6) is 3.93. The van der Waals surface area contributed by atoms with E-state index in [1.807, 2.05) is 11.8 Å². The van der Waals surface area contributed by atoms with Gasteiger partial charge in [-0.15, -0.1) is 0 Å². The van der Waals surface area contributed by atoms with Crippen LogP contribution in [0.25, 0.3) is 0 Å². The summed E-state index contributed by atoms with van der Waals surface area (Å²) in [4.78, 5) is 8.77. The second-order valence-corrected chi connectivity index (χ2v) is 6.24. The second kappa shape index (κ2) is 7.38. The van der Waals surface area contributed by atoms with Crippen LogP contribution in [0.2, 0.25) is 0 Å². The van der Waals surface area contributed by atoms with Gasteiger partial charge in [-0.1, -0.05) is 13.8 Å². The van der Waals surface area contributed by atoms with Crippen LogP contribution >= 0.6 is 34.4 Å². The van der Waals surface area contributed by atoms with Crippen LogP contribution in [-0.4, -0.2) is 22.8 Å². The number of nitrogen functional groups attached to an aromatic ring is 1. The number of nitrogens with zero attached hydrogens (tertiary/aromatic N) is 2. The Kier molecular flexibility index (Phi) is 6.50. The van der Waals surface area contributed by atoms with Crippen LogP contribution < -0.4 is 5.73 Å². The molecule has 0 saturated heterocycles. The standard InChI is InChI=1S/C11H18IN3OS/c1-7(2)5-17-6-9-14-8(4-16-3)10(12)11(13)15-9/h7H,4-6H2,1-3H3,(H2,13,14,15). The molecule has 6 heteroatoms. The quantitative estimate of drug-likeness (QED) is 0.784. The lowest BCUT2D eigenvalue weighted by Gasteiger charge is -2.09. The highest BCUT2D eigenvalue weighted by molar-refractivity contribution is 14.1. The molecule has 0 radical (unpaired) electrons. The number of methoxy groups -OCH3 is 1. The van der Waals surface area contributed by atoms with Crippen LogP contribution in [0.4, 0.5) is 5.82 Å². The molecular formula is C11H18IN3OS. The van der Waals surface area contributed by atoms with E-state index in [9.17, 15) is 0 Å². The van der Waals surface area contributed by atoms with Crippen LogP contribution in [0.5, 0.6) is 0 Å². The summed E-state index contributed by atoms with van der Waals surface area (Å²) in [5, 5.41) is 0. The minimum Gasteiger partial charge on any atom is -0.383 e. The van der Waals surface area contributed by atoms with Gasteiger partial charge in [0.15, 0.2) is 0 Å². The van der Waals surface area contributed by atoms with Crippen molar-refractivity contribution in [2.75, 3.05) is 18.6 Å². The Hall–Kier alpha value is -0.0800. The van der Waals surface area contributed by atoms with Crippen molar-refractivity contribution in [2.24, 2.45) is 5.92 Å². The lowest BCUT2D eigenvalue weighted by molar-refractivity contribution is 0.180. The number of thioether (sulfide) groups is 1. The van der Waals surface area contributed by atoms with Gasteiger partial charge in [0.2, 0.25) is 0 Å². The van der Waals surface area contributed by atoms with E-state index in [1.165, 1.54) is 0 Å². The van der Waals surface area contributed by atoms with Crippen molar-refractivity contribution in [3.8, 4) is 0 Å². The predicted molar refractivity (Wildman–Crippen MR) is 80.9 cm³/mol. The number of rotatable bonds is 6. The predicted octanol–water partition coefficient (Wildman–Crippen LogP) is 2.70. The van der Waals surface area contributed by atoms with Gasteiger partial charge < -0.3 is 10.5 Å². The molecule has 1 aromatic rings. The fourth-order valence-corrected chi connectivity index (χ4v) is 2.55. The normalized spacial score (nSPS) is 11.1. The monoisotopic (exact) mass is 367 g/mol. The summed E-state index contributed by atoms with van der Waals surface area (Å²) in [5.41, 5.74) is 6.74. The molecule has 0 fully saturated rings. The van der Waals surface area contributed by atoms with Crippen LogP contribution in [0.15, 0.2) is 0 Å². The lowest BCUT2D eigenvalue weighted by atomic mass is 10.3. The highest BCUT2D eigenvalue weighted by atomic mass is 127. The van der Waals surface area contributed by atoms with E-state index in [2.05, 4.69) is 46.4 Å². The largest absolute Gasteiger partial charge is 0.383 e. The molecule has 1 rings (SSSR count). The van der Waals surface area contributed by atoms with E-state index in [-0.39, 0.29) is 0 Å². The van der Waals surface area contributed by atoms with E-state index in [0.717, 1.165) is 26.6 Å². The first-order chi connectivity index (χ1) is 8.04. The van der Waals surface area contributed by atoms with Crippen molar-refractivity contribution in [3.63, 3.8) is 0 Å². The number of halogens is 1. The van der Waals surface area contributed by atoms with Crippen molar-refractivity contribution >= 4 is 40.2 Å². The number of nitrogens with two attached hydrogens (primary N) is 1. The first-order valence-electron chi connectivity index (χ1n) is 5.42. The molecule has 0 spiro atoms. The number of ether oxygens (including phenoxy) is 1. The Bertz CT molecular complexity index is 374. The molecule has 0 amide bonds. The fraction of sp³-hybridized carbons (Fsp3) is 0.636. The van der Waals surface area contributed by atoms with Crippen LogP contribution in [0.3, 0.4) is 0 Å². The zero-order valence-electron chi connectivity index (χ0n) is 10.4. The first-order valence-corrected chi connectivity index (χ1v) is 7.65. The van der Waals surface area contributed by atoms with Gasteiger partial charge in [0.05, 0.1) is 21.6 Å². The van der Waals surface area contributed by atoms with Crippen LogP contribution in [-0.2, 0) is 17.1 Å². The molecule has 0 aromatic carbocycles. The van der Waals surface area contributed by atoms with Crippen molar-refractivity contribution in [1.29, 1.82) is 0 Å². The van der Waals surface area contributed by atoms with Gasteiger partial charge in [0.1, 0.15) is 11.6 Å². The molecular weight excluding hydrogens is 349 g/mol. The Labute approximate surface area is 120 Å². The Balaban J connectivity index is 2.72. The molecule has 17 heavy (non-hydrogen) atoms. The molecule has 0 aliphatic heterocycles. The molecule has 0 unspecified atom stereocenters. The number of hydrogen-bond donors (Lipinski definition) is 1. The average molecular weight is 367 g/mol. The molecule has 2 N–H and O–H groups in total. The van der Waals surface area contributed by atoms with E-state index in [4.69, 9.17) is 10.5 Å². The number of hydrogen-bond acceptors (Lipinski definition) is 5. The zero-order valence-corrected chi connectivity index (χ0v) is 13.3. The van der Waals surface area contributed by atoms with Crippen molar-refractivity contribution < 1.29 is 4.74 Å². The minimum atomic E-state index is 0.479. The molecule has 4 nitrogen and oxygen atoms in total. The van der Waals surface area contributed by atoms with Crippen LogP contribution in [0, 0.1) is 9.49 Å². The maximum Gasteiger partial charge on any atom is 0.141 e. The lowest BCUT2D eigenvalue weighted by Crippen LogP contribution is -2.08. The van der Waals surface area contributed by atoms with Crippen molar-refractivity contribution in [3.05, 3.63) is 15.1 Å². The molecule has 1 heterocycles. The summed E-state index contributed by atoms with van der Waals surface area (Å²) in [6.45, 7) is 4.88. The molecule has 0 aliphatic rings. The van der Waals surface area contributed by atoms with Crippen molar-refractivity contribution in [1.82, 2.24) is 9.97 Å². The SMILES string of the molecule is COCc1nc(CSCC(C)C)nc(N)c1I. The fourth-order valence-electron chi connectivity index (χ4n) is 1.25. The van der Waals surface area contributed by atoms with Gasteiger partial charge in [0.25, 0.3) is 0 Å². The third-order valence-electron chi connectivity index (χ3n) is 1.96. The molecule has 0 aliphatic carbocycles.